The molecule has 0 fully saturated rings. The van der Waals surface area contributed by atoms with Gasteiger partial charge in [-0.15, -0.1) is 12.4 Å². The van der Waals surface area contributed by atoms with Gasteiger partial charge in [0.15, 0.2) is 0 Å². The summed E-state index contributed by atoms with van der Waals surface area (Å²) in [6, 6.07) is 2.92. The van der Waals surface area contributed by atoms with E-state index in [0.29, 0.717) is 23.4 Å². The number of rotatable bonds is 5. The highest BCUT2D eigenvalue weighted by Crippen LogP contribution is 2.28. The predicted octanol–water partition coefficient (Wildman–Crippen LogP) is 4.86. The molecule has 1 unspecified atom stereocenters. The van der Waals surface area contributed by atoms with Crippen LogP contribution in [-0.2, 0) is 22.4 Å². The maximum atomic E-state index is 14.2. The van der Waals surface area contributed by atoms with Gasteiger partial charge in [0.1, 0.15) is 17.5 Å². The number of ether oxygens (including phenoxy) is 1. The maximum Gasteiger partial charge on any atom is 0.323 e. The third-order valence-corrected chi connectivity index (χ3v) is 4.39. The fraction of sp³-hybridized carbons (Fsp3) is 0.632. The molecule has 1 aliphatic carbocycles. The summed E-state index contributed by atoms with van der Waals surface area (Å²) >= 11 is 5.93. The van der Waals surface area contributed by atoms with Crippen molar-refractivity contribution in [2.75, 3.05) is 0 Å². The Labute approximate surface area is 161 Å². The lowest BCUT2D eigenvalue weighted by molar-refractivity contribution is -0.158. The van der Waals surface area contributed by atoms with Crippen LogP contribution in [0.2, 0.25) is 5.02 Å². The molecular formula is C19H28Cl2FNO2. The molecule has 1 N–H and O–H groups in total. The molecule has 0 aromatic heterocycles. The van der Waals surface area contributed by atoms with Gasteiger partial charge in [0.25, 0.3) is 0 Å². The van der Waals surface area contributed by atoms with E-state index in [1.54, 1.807) is 0 Å². The van der Waals surface area contributed by atoms with Gasteiger partial charge in [0.2, 0.25) is 0 Å². The zero-order valence-electron chi connectivity index (χ0n) is 15.3. The average molecular weight is 392 g/mol. The number of halogens is 3. The fourth-order valence-electron chi connectivity index (χ4n) is 3.14. The first-order chi connectivity index (χ1) is 11.2. The van der Waals surface area contributed by atoms with E-state index in [1.807, 2.05) is 33.8 Å². The number of hydrogen-bond donors (Lipinski definition) is 1. The summed E-state index contributed by atoms with van der Waals surface area (Å²) in [5.74, 6) is -0.486. The van der Waals surface area contributed by atoms with Crippen LogP contribution in [0.5, 0.6) is 0 Å². The van der Waals surface area contributed by atoms with Crippen molar-refractivity contribution >= 4 is 30.0 Å². The van der Waals surface area contributed by atoms with E-state index in [9.17, 15) is 9.18 Å². The van der Waals surface area contributed by atoms with Gasteiger partial charge in [-0.05, 0) is 69.7 Å². The number of esters is 1. The Morgan fingerprint density at radius 1 is 1.44 bits per heavy atom. The largest absolute Gasteiger partial charge is 0.459 e. The van der Waals surface area contributed by atoms with Gasteiger partial charge < -0.3 is 10.1 Å². The van der Waals surface area contributed by atoms with E-state index >= 15 is 0 Å². The van der Waals surface area contributed by atoms with Gasteiger partial charge >= 0.3 is 5.97 Å². The van der Waals surface area contributed by atoms with Crippen LogP contribution in [0.4, 0.5) is 4.39 Å². The highest BCUT2D eigenvalue weighted by atomic mass is 35.5. The normalized spacial score (nSPS) is 18.1. The molecule has 1 aliphatic rings. The van der Waals surface area contributed by atoms with Crippen LogP contribution in [-0.4, -0.2) is 23.7 Å². The molecule has 0 heterocycles. The second kappa shape index (κ2) is 9.20. The predicted molar refractivity (Wildman–Crippen MR) is 102 cm³/mol. The number of nitrogens with one attached hydrogen (secondary N) is 1. The monoisotopic (exact) mass is 391 g/mol. The number of hydrogen-bond acceptors (Lipinski definition) is 3. The minimum absolute atomic E-state index is 0. The first-order valence-electron chi connectivity index (χ1n) is 8.65. The van der Waals surface area contributed by atoms with Gasteiger partial charge in [-0.3, -0.25) is 4.79 Å². The number of aryl methyl sites for hydroxylation is 1. The van der Waals surface area contributed by atoms with Crippen molar-refractivity contribution in [3.05, 3.63) is 34.1 Å². The van der Waals surface area contributed by atoms with Crippen LogP contribution >= 0.6 is 24.0 Å². The van der Waals surface area contributed by atoms with Crippen molar-refractivity contribution in [1.29, 1.82) is 0 Å². The van der Waals surface area contributed by atoms with Crippen LogP contribution in [0.3, 0.4) is 0 Å². The van der Waals surface area contributed by atoms with Crippen LogP contribution < -0.4 is 5.32 Å². The second-order valence-corrected chi connectivity index (χ2v) is 7.94. The first-order valence-corrected chi connectivity index (χ1v) is 9.03. The Morgan fingerprint density at radius 2 is 2.12 bits per heavy atom. The van der Waals surface area contributed by atoms with Crippen molar-refractivity contribution < 1.29 is 13.9 Å². The quantitative estimate of drug-likeness (QED) is 0.728. The van der Waals surface area contributed by atoms with Gasteiger partial charge in [-0.1, -0.05) is 24.9 Å². The Morgan fingerprint density at radius 3 is 2.72 bits per heavy atom. The van der Waals surface area contributed by atoms with Crippen molar-refractivity contribution in [2.45, 2.75) is 77.5 Å². The van der Waals surface area contributed by atoms with E-state index in [0.717, 1.165) is 24.8 Å². The SMILES string of the molecule is CCCC(N[C@H]1CCc2cc(Cl)cc(F)c2C1)C(=O)OC(C)(C)C.Cl. The van der Waals surface area contributed by atoms with E-state index in [2.05, 4.69) is 5.32 Å². The minimum Gasteiger partial charge on any atom is -0.459 e. The number of carbonyl (C=O) groups excluding carboxylic acids is 1. The zero-order valence-corrected chi connectivity index (χ0v) is 16.9. The van der Waals surface area contributed by atoms with Crippen molar-refractivity contribution in [3.63, 3.8) is 0 Å². The first kappa shape index (κ1) is 22.2. The molecule has 25 heavy (non-hydrogen) atoms. The number of carbonyl (C=O) groups is 1. The lowest BCUT2D eigenvalue weighted by Gasteiger charge is -2.31. The minimum atomic E-state index is -0.507. The Hall–Kier alpha value is -0.840. The molecule has 3 nitrogen and oxygen atoms in total. The summed E-state index contributed by atoms with van der Waals surface area (Å²) in [6.45, 7) is 7.63. The van der Waals surface area contributed by atoms with Crippen LogP contribution in [0, 0.1) is 5.82 Å². The van der Waals surface area contributed by atoms with Crippen LogP contribution in [0.15, 0.2) is 12.1 Å². The molecule has 2 atom stereocenters. The Kier molecular flexibility index (Phi) is 8.17. The second-order valence-electron chi connectivity index (χ2n) is 7.51. The van der Waals surface area contributed by atoms with Crippen molar-refractivity contribution in [1.82, 2.24) is 5.32 Å². The topological polar surface area (TPSA) is 38.3 Å². The average Bonchev–Trinajstić information content (AvgIpc) is 2.45. The highest BCUT2D eigenvalue weighted by Gasteiger charge is 2.29. The number of fused-ring (bicyclic) bond motifs is 1. The molecule has 0 spiro atoms. The van der Waals surface area contributed by atoms with E-state index in [1.165, 1.54) is 6.07 Å². The third-order valence-electron chi connectivity index (χ3n) is 4.17. The summed E-state index contributed by atoms with van der Waals surface area (Å²) in [5.41, 5.74) is 1.18. The highest BCUT2D eigenvalue weighted by molar-refractivity contribution is 6.30. The standard InChI is InChI=1S/C19H27ClFNO2.ClH/c1-5-6-17(18(23)24-19(2,3)4)22-14-8-7-12-9-13(20)10-16(21)15(12)11-14;/h9-10,14,17,22H,5-8,11H2,1-4H3;1H/t14-,17?;/m0./s1. The van der Waals surface area contributed by atoms with Gasteiger partial charge in [-0.25, -0.2) is 4.39 Å². The van der Waals surface area contributed by atoms with Gasteiger partial charge in [-0.2, -0.15) is 0 Å². The van der Waals surface area contributed by atoms with Crippen molar-refractivity contribution in [2.24, 2.45) is 0 Å². The summed E-state index contributed by atoms with van der Waals surface area (Å²) in [7, 11) is 0. The molecule has 0 aliphatic heterocycles. The molecular weight excluding hydrogens is 364 g/mol. The molecule has 1 aromatic rings. The van der Waals surface area contributed by atoms with Crippen LogP contribution in [0.1, 0.15) is 58.1 Å². The Bertz CT molecular complexity index is 602. The zero-order chi connectivity index (χ0) is 17.9. The molecule has 1 aromatic carbocycles. The van der Waals surface area contributed by atoms with Gasteiger partial charge in [0.05, 0.1) is 0 Å². The maximum absolute atomic E-state index is 14.2. The van der Waals surface area contributed by atoms with Crippen molar-refractivity contribution in [3.8, 4) is 0 Å². The fourth-order valence-corrected chi connectivity index (χ4v) is 3.37. The van der Waals surface area contributed by atoms with Gasteiger partial charge in [0, 0.05) is 11.1 Å². The molecule has 0 bridgehead atoms. The number of benzene rings is 1. The third kappa shape index (κ3) is 6.43. The molecule has 0 saturated carbocycles. The van der Waals surface area contributed by atoms with Crippen LogP contribution in [0.25, 0.3) is 0 Å². The summed E-state index contributed by atoms with van der Waals surface area (Å²) in [4.78, 5) is 12.4. The molecule has 6 heteroatoms. The Balaban J connectivity index is 0.00000312. The summed E-state index contributed by atoms with van der Waals surface area (Å²) in [5, 5.41) is 3.83. The summed E-state index contributed by atoms with van der Waals surface area (Å²) < 4.78 is 19.7. The summed E-state index contributed by atoms with van der Waals surface area (Å²) in [6.07, 6.45) is 3.78. The van der Waals surface area contributed by atoms with E-state index in [-0.39, 0.29) is 36.3 Å². The molecule has 0 radical (unpaired) electrons. The molecule has 0 amide bonds. The molecule has 0 saturated heterocycles. The van der Waals surface area contributed by atoms with E-state index in [4.69, 9.17) is 16.3 Å². The lowest BCUT2D eigenvalue weighted by Crippen LogP contribution is -2.48. The molecule has 142 valence electrons. The molecule has 2 rings (SSSR count). The smallest absolute Gasteiger partial charge is 0.323 e. The lowest BCUT2D eigenvalue weighted by atomic mass is 9.87. The van der Waals surface area contributed by atoms with E-state index < -0.39 is 5.60 Å².